The van der Waals surface area contributed by atoms with Gasteiger partial charge < -0.3 is 14.6 Å². The van der Waals surface area contributed by atoms with Crippen LogP contribution in [-0.4, -0.2) is 28.6 Å². The lowest BCUT2D eigenvalue weighted by Crippen LogP contribution is -2.41. The van der Waals surface area contributed by atoms with E-state index >= 15 is 0 Å². The molecule has 2 unspecified atom stereocenters. The van der Waals surface area contributed by atoms with Crippen LogP contribution in [0, 0.1) is 0 Å². The van der Waals surface area contributed by atoms with Crippen molar-refractivity contribution in [1.29, 1.82) is 0 Å². The standard InChI is InChI=1S/C20H25N3O2/c1-25-17-6-7-18-14(11-17)3-2-4-15(18)12-20(24)22-16-5-8-19-21-9-10-23(19)13-16/h6-7,9-11,15-16H,2-5,8,12-13H2,1H3,(H,22,24). The number of fused-ring (bicyclic) bond motifs is 2. The zero-order valence-corrected chi connectivity index (χ0v) is 14.7. The predicted octanol–water partition coefficient (Wildman–Crippen LogP) is 2.83. The van der Waals surface area contributed by atoms with Crippen LogP contribution in [0.25, 0.3) is 0 Å². The Kier molecular flexibility index (Phi) is 4.47. The lowest BCUT2D eigenvalue weighted by atomic mass is 9.81. The molecule has 0 radical (unpaired) electrons. The Balaban J connectivity index is 1.39. The van der Waals surface area contributed by atoms with Crippen LogP contribution < -0.4 is 10.1 Å². The van der Waals surface area contributed by atoms with Crippen molar-refractivity contribution < 1.29 is 9.53 Å². The smallest absolute Gasteiger partial charge is 0.220 e. The fourth-order valence-corrected chi connectivity index (χ4v) is 4.22. The third kappa shape index (κ3) is 3.41. The van der Waals surface area contributed by atoms with E-state index in [2.05, 4.69) is 27.0 Å². The van der Waals surface area contributed by atoms with Crippen LogP contribution >= 0.6 is 0 Å². The van der Waals surface area contributed by atoms with Crippen molar-refractivity contribution in [3.8, 4) is 5.75 Å². The van der Waals surface area contributed by atoms with Gasteiger partial charge in [0, 0.05) is 37.8 Å². The van der Waals surface area contributed by atoms with Crippen molar-refractivity contribution in [2.45, 2.75) is 57.0 Å². The second-order valence-electron chi connectivity index (χ2n) is 7.16. The summed E-state index contributed by atoms with van der Waals surface area (Å²) in [6, 6.07) is 6.50. The minimum atomic E-state index is 0.169. The van der Waals surface area contributed by atoms with Gasteiger partial charge in [-0.1, -0.05) is 6.07 Å². The molecular weight excluding hydrogens is 314 g/mol. The first-order valence-corrected chi connectivity index (χ1v) is 9.19. The van der Waals surface area contributed by atoms with Gasteiger partial charge >= 0.3 is 0 Å². The SMILES string of the molecule is COc1ccc2c(c1)CCCC2CC(=O)NC1CCc2nccn2C1. The van der Waals surface area contributed by atoms with E-state index in [0.29, 0.717) is 12.3 Å². The molecule has 1 N–H and O–H groups in total. The molecule has 1 aromatic heterocycles. The van der Waals surface area contributed by atoms with E-state index in [9.17, 15) is 4.79 Å². The van der Waals surface area contributed by atoms with Gasteiger partial charge in [0.2, 0.25) is 5.91 Å². The maximum Gasteiger partial charge on any atom is 0.220 e. The molecule has 0 saturated heterocycles. The minimum absolute atomic E-state index is 0.169. The second kappa shape index (κ2) is 6.90. The van der Waals surface area contributed by atoms with Crippen molar-refractivity contribution in [2.75, 3.05) is 7.11 Å². The number of amides is 1. The molecule has 2 aliphatic rings. The maximum atomic E-state index is 12.6. The molecule has 1 aromatic carbocycles. The molecule has 0 spiro atoms. The highest BCUT2D eigenvalue weighted by molar-refractivity contribution is 5.77. The van der Waals surface area contributed by atoms with Crippen LogP contribution in [0.4, 0.5) is 0 Å². The van der Waals surface area contributed by atoms with Crippen LogP contribution in [0.3, 0.4) is 0 Å². The Morgan fingerprint density at radius 2 is 2.28 bits per heavy atom. The molecular formula is C20H25N3O2. The van der Waals surface area contributed by atoms with Gasteiger partial charge in [-0.15, -0.1) is 0 Å². The number of methoxy groups -OCH3 is 1. The van der Waals surface area contributed by atoms with Crippen LogP contribution in [0.2, 0.25) is 0 Å². The average Bonchev–Trinajstić information content (AvgIpc) is 3.09. The topological polar surface area (TPSA) is 56.1 Å². The normalized spacial score (nSPS) is 22.0. The van der Waals surface area contributed by atoms with Crippen LogP contribution in [0.1, 0.15) is 48.6 Å². The monoisotopic (exact) mass is 339 g/mol. The number of hydrogen-bond donors (Lipinski definition) is 1. The molecule has 0 fully saturated rings. The number of hydrogen-bond acceptors (Lipinski definition) is 3. The van der Waals surface area contributed by atoms with E-state index in [4.69, 9.17) is 4.74 Å². The first-order chi connectivity index (χ1) is 12.2. The summed E-state index contributed by atoms with van der Waals surface area (Å²) in [5.74, 6) is 2.52. The van der Waals surface area contributed by atoms with Gasteiger partial charge in [0.05, 0.1) is 7.11 Å². The largest absolute Gasteiger partial charge is 0.497 e. The highest BCUT2D eigenvalue weighted by Gasteiger charge is 2.25. The molecule has 0 saturated carbocycles. The van der Waals surface area contributed by atoms with Gasteiger partial charge in [-0.25, -0.2) is 4.98 Å². The van der Waals surface area contributed by atoms with Gasteiger partial charge in [0.25, 0.3) is 0 Å². The van der Waals surface area contributed by atoms with Crippen molar-refractivity contribution in [3.05, 3.63) is 47.5 Å². The molecule has 25 heavy (non-hydrogen) atoms. The van der Waals surface area contributed by atoms with Crippen LogP contribution in [0.5, 0.6) is 5.75 Å². The molecule has 2 aromatic rings. The molecule has 4 rings (SSSR count). The second-order valence-corrected chi connectivity index (χ2v) is 7.16. The number of imidazole rings is 1. The Morgan fingerprint density at radius 3 is 3.16 bits per heavy atom. The number of nitrogens with one attached hydrogen (secondary N) is 1. The molecule has 2 heterocycles. The van der Waals surface area contributed by atoms with Crippen molar-refractivity contribution in [2.24, 2.45) is 0 Å². The van der Waals surface area contributed by atoms with E-state index in [1.54, 1.807) is 7.11 Å². The Labute approximate surface area is 148 Å². The number of aromatic nitrogens is 2. The fourth-order valence-electron chi connectivity index (χ4n) is 4.22. The van der Waals surface area contributed by atoms with E-state index in [1.165, 1.54) is 11.1 Å². The summed E-state index contributed by atoms with van der Waals surface area (Å²) < 4.78 is 7.48. The number of benzene rings is 1. The van der Waals surface area contributed by atoms with Gasteiger partial charge in [-0.3, -0.25) is 4.79 Å². The quantitative estimate of drug-likeness (QED) is 0.932. The molecule has 1 aliphatic carbocycles. The summed E-state index contributed by atoms with van der Waals surface area (Å²) in [7, 11) is 1.70. The zero-order chi connectivity index (χ0) is 17.2. The number of nitrogens with zero attached hydrogens (tertiary/aromatic N) is 2. The minimum Gasteiger partial charge on any atom is -0.497 e. The number of carbonyl (C=O) groups is 1. The number of aryl methyl sites for hydroxylation is 2. The molecule has 132 valence electrons. The first kappa shape index (κ1) is 16.2. The molecule has 5 heteroatoms. The van der Waals surface area contributed by atoms with Gasteiger partial charge in [-0.2, -0.15) is 0 Å². The van der Waals surface area contributed by atoms with Gasteiger partial charge in [0.1, 0.15) is 11.6 Å². The van der Waals surface area contributed by atoms with Crippen LogP contribution in [0.15, 0.2) is 30.6 Å². The third-order valence-electron chi connectivity index (χ3n) is 5.52. The van der Waals surface area contributed by atoms with Crippen molar-refractivity contribution in [3.63, 3.8) is 0 Å². The summed E-state index contributed by atoms with van der Waals surface area (Å²) in [5.41, 5.74) is 2.66. The lowest BCUT2D eigenvalue weighted by Gasteiger charge is -2.28. The fraction of sp³-hybridized carbons (Fsp3) is 0.500. The maximum absolute atomic E-state index is 12.6. The molecule has 0 bridgehead atoms. The first-order valence-electron chi connectivity index (χ1n) is 9.19. The van der Waals surface area contributed by atoms with Gasteiger partial charge in [0.15, 0.2) is 0 Å². The Morgan fingerprint density at radius 1 is 1.36 bits per heavy atom. The Bertz CT molecular complexity index is 768. The summed E-state index contributed by atoms with van der Waals surface area (Å²) in [6.07, 6.45) is 9.63. The highest BCUT2D eigenvalue weighted by Crippen LogP contribution is 2.35. The summed E-state index contributed by atoms with van der Waals surface area (Å²) >= 11 is 0. The summed E-state index contributed by atoms with van der Waals surface area (Å²) in [4.78, 5) is 16.9. The highest BCUT2D eigenvalue weighted by atomic mass is 16.5. The number of rotatable bonds is 4. The molecule has 1 aliphatic heterocycles. The van der Waals surface area contributed by atoms with E-state index in [-0.39, 0.29) is 11.9 Å². The van der Waals surface area contributed by atoms with Crippen molar-refractivity contribution in [1.82, 2.24) is 14.9 Å². The molecule has 5 nitrogen and oxygen atoms in total. The van der Waals surface area contributed by atoms with E-state index in [1.807, 2.05) is 18.5 Å². The lowest BCUT2D eigenvalue weighted by molar-refractivity contribution is -0.122. The zero-order valence-electron chi connectivity index (χ0n) is 14.7. The predicted molar refractivity (Wildman–Crippen MR) is 95.8 cm³/mol. The van der Waals surface area contributed by atoms with Gasteiger partial charge in [-0.05, 0) is 54.9 Å². The Hall–Kier alpha value is -2.30. The average molecular weight is 339 g/mol. The van der Waals surface area contributed by atoms with Crippen LogP contribution in [-0.2, 0) is 24.2 Å². The summed E-state index contributed by atoms with van der Waals surface area (Å²) in [5, 5.41) is 3.24. The van der Waals surface area contributed by atoms with E-state index < -0.39 is 0 Å². The number of carbonyl (C=O) groups excluding carboxylic acids is 1. The van der Waals surface area contributed by atoms with E-state index in [0.717, 1.165) is 50.2 Å². The van der Waals surface area contributed by atoms with Crippen molar-refractivity contribution >= 4 is 5.91 Å². The molecule has 2 atom stereocenters. The molecule has 1 amide bonds. The summed E-state index contributed by atoms with van der Waals surface area (Å²) in [6.45, 7) is 0.833. The number of ether oxygens (including phenoxy) is 1. The third-order valence-corrected chi connectivity index (χ3v) is 5.52.